The van der Waals surface area contributed by atoms with Gasteiger partial charge in [0, 0.05) is 43.2 Å². The average Bonchev–Trinajstić information content (AvgIpc) is 3.37. The third-order valence-electron chi connectivity index (χ3n) is 4.98. The summed E-state index contributed by atoms with van der Waals surface area (Å²) in [6.07, 6.45) is 9.25. The van der Waals surface area contributed by atoms with Crippen LogP contribution >= 0.6 is 0 Å². The topological polar surface area (TPSA) is 106 Å². The van der Waals surface area contributed by atoms with Crippen molar-refractivity contribution in [2.45, 2.75) is 45.6 Å². The molecular weight excluding hydrogens is 392 g/mol. The molecule has 4 aromatic heterocycles. The van der Waals surface area contributed by atoms with Gasteiger partial charge in [-0.3, -0.25) is 4.99 Å². The van der Waals surface area contributed by atoms with Crippen LogP contribution in [0, 0.1) is 0 Å². The van der Waals surface area contributed by atoms with Crippen LogP contribution in [0.15, 0.2) is 41.9 Å². The minimum atomic E-state index is -1.12. The van der Waals surface area contributed by atoms with Gasteiger partial charge in [-0.15, -0.1) is 5.10 Å². The minimum Gasteiger partial charge on any atom is -0.382 e. The van der Waals surface area contributed by atoms with Crippen LogP contribution in [0.2, 0.25) is 0 Å². The van der Waals surface area contributed by atoms with Crippen LogP contribution < -0.4 is 0 Å². The number of hydrogen-bond donors (Lipinski definition) is 1. The Bertz CT molecular complexity index is 1230. The lowest BCUT2D eigenvalue weighted by molar-refractivity contribution is 0.0690. The molecule has 0 radical (unpaired) electrons. The molecule has 4 rings (SSSR count). The summed E-state index contributed by atoms with van der Waals surface area (Å²) in [5.74, 6) is 1.10. The predicted molar refractivity (Wildman–Crippen MR) is 118 cm³/mol. The number of aliphatic imine (C=N–C) groups is 1. The number of rotatable bonds is 7. The summed E-state index contributed by atoms with van der Waals surface area (Å²) < 4.78 is 3.47. The molecule has 0 saturated heterocycles. The highest BCUT2D eigenvalue weighted by atomic mass is 16.3. The monoisotopic (exact) mass is 418 g/mol. The normalized spacial score (nSPS) is 12.3. The summed E-state index contributed by atoms with van der Waals surface area (Å²) in [5.41, 5.74) is 3.39. The molecular formula is C22H26N8O. The lowest BCUT2D eigenvalue weighted by Gasteiger charge is -2.12. The highest BCUT2D eigenvalue weighted by molar-refractivity contribution is 5.83. The molecule has 4 aromatic rings. The lowest BCUT2D eigenvalue weighted by atomic mass is 10.1. The Kier molecular flexibility index (Phi) is 5.60. The summed E-state index contributed by atoms with van der Waals surface area (Å²) in [6.45, 7) is 5.48. The lowest BCUT2D eigenvalue weighted by Crippen LogP contribution is -2.17. The van der Waals surface area contributed by atoms with Gasteiger partial charge in [-0.2, -0.15) is 5.10 Å². The van der Waals surface area contributed by atoms with Gasteiger partial charge in [0.15, 0.2) is 17.3 Å². The fourth-order valence-corrected chi connectivity index (χ4v) is 3.51. The zero-order chi connectivity index (χ0) is 22.0. The Morgan fingerprint density at radius 3 is 2.77 bits per heavy atom. The van der Waals surface area contributed by atoms with Crippen LogP contribution in [-0.4, -0.2) is 52.7 Å². The molecule has 4 heterocycles. The molecule has 0 unspecified atom stereocenters. The van der Waals surface area contributed by atoms with Gasteiger partial charge in [0.2, 0.25) is 0 Å². The van der Waals surface area contributed by atoms with Crippen molar-refractivity contribution < 1.29 is 5.11 Å². The summed E-state index contributed by atoms with van der Waals surface area (Å²) in [6, 6.07) is 5.81. The maximum atomic E-state index is 10.3. The number of aromatic nitrogens is 7. The third kappa shape index (κ3) is 4.09. The van der Waals surface area contributed by atoms with E-state index in [1.165, 1.54) is 0 Å². The molecule has 0 amide bonds. The molecule has 0 saturated carbocycles. The Morgan fingerprint density at radius 1 is 1.19 bits per heavy atom. The van der Waals surface area contributed by atoms with Crippen molar-refractivity contribution in [1.82, 2.24) is 34.3 Å². The van der Waals surface area contributed by atoms with E-state index in [2.05, 4.69) is 37.1 Å². The van der Waals surface area contributed by atoms with Gasteiger partial charge < -0.3 is 5.11 Å². The van der Waals surface area contributed by atoms with Gasteiger partial charge in [-0.05, 0) is 38.5 Å². The Morgan fingerprint density at radius 2 is 2.03 bits per heavy atom. The van der Waals surface area contributed by atoms with E-state index in [9.17, 15) is 5.11 Å². The number of nitrogens with zero attached hydrogens (tertiary/aromatic N) is 8. The second kappa shape index (κ2) is 8.35. The molecule has 9 heteroatoms. The van der Waals surface area contributed by atoms with Gasteiger partial charge in [0.05, 0.1) is 11.4 Å². The first-order valence-electron chi connectivity index (χ1n) is 10.3. The van der Waals surface area contributed by atoms with Gasteiger partial charge in [-0.1, -0.05) is 13.3 Å². The van der Waals surface area contributed by atoms with Crippen molar-refractivity contribution in [2.75, 3.05) is 7.05 Å². The number of fused-ring (bicyclic) bond motifs is 1. The van der Waals surface area contributed by atoms with Gasteiger partial charge >= 0.3 is 0 Å². The number of hydrogen-bond acceptors (Lipinski definition) is 7. The van der Waals surface area contributed by atoms with Crippen molar-refractivity contribution in [3.63, 3.8) is 0 Å². The molecule has 0 aliphatic rings. The molecule has 0 spiro atoms. The van der Waals surface area contributed by atoms with E-state index < -0.39 is 5.60 Å². The van der Waals surface area contributed by atoms with E-state index in [-0.39, 0.29) is 0 Å². The number of aryl methyl sites for hydroxylation is 1. The number of pyridine rings is 1. The van der Waals surface area contributed by atoms with Crippen molar-refractivity contribution in [2.24, 2.45) is 4.99 Å². The van der Waals surface area contributed by atoms with E-state index in [1.54, 1.807) is 50.3 Å². The fourth-order valence-electron chi connectivity index (χ4n) is 3.51. The summed E-state index contributed by atoms with van der Waals surface area (Å²) >= 11 is 0. The van der Waals surface area contributed by atoms with E-state index in [0.29, 0.717) is 12.2 Å². The van der Waals surface area contributed by atoms with Crippen molar-refractivity contribution in [3.05, 3.63) is 65.3 Å². The summed E-state index contributed by atoms with van der Waals surface area (Å²) in [4.78, 5) is 17.9. The van der Waals surface area contributed by atoms with E-state index in [1.807, 2.05) is 22.9 Å². The highest BCUT2D eigenvalue weighted by Crippen LogP contribution is 2.23. The molecule has 1 N–H and O–H groups in total. The van der Waals surface area contributed by atoms with E-state index in [4.69, 9.17) is 0 Å². The molecule has 0 fully saturated rings. The van der Waals surface area contributed by atoms with Crippen molar-refractivity contribution in [3.8, 4) is 5.82 Å². The molecule has 160 valence electrons. The third-order valence-corrected chi connectivity index (χ3v) is 4.98. The predicted octanol–water partition coefficient (Wildman–Crippen LogP) is 2.52. The summed E-state index contributed by atoms with van der Waals surface area (Å²) in [7, 11) is 1.73. The maximum Gasteiger partial charge on any atom is 0.182 e. The fraction of sp³-hybridized carbons (Fsp3) is 0.364. The number of aliphatic hydroxyl groups is 1. The molecule has 9 nitrogen and oxygen atoms in total. The molecule has 0 bridgehead atoms. The first kappa shape index (κ1) is 20.8. The van der Waals surface area contributed by atoms with Crippen LogP contribution in [0.5, 0.6) is 0 Å². The van der Waals surface area contributed by atoms with Crippen LogP contribution in [0.1, 0.15) is 55.5 Å². The molecule has 0 atom stereocenters. The van der Waals surface area contributed by atoms with Gasteiger partial charge in [0.1, 0.15) is 11.9 Å². The van der Waals surface area contributed by atoms with E-state index in [0.717, 1.165) is 46.8 Å². The average molecular weight is 419 g/mol. The minimum absolute atomic E-state index is 0.380. The van der Waals surface area contributed by atoms with Gasteiger partial charge in [0.25, 0.3) is 0 Å². The van der Waals surface area contributed by atoms with Crippen molar-refractivity contribution >= 4 is 11.9 Å². The Labute approximate surface area is 180 Å². The highest BCUT2D eigenvalue weighted by Gasteiger charge is 2.24. The van der Waals surface area contributed by atoms with E-state index >= 15 is 0 Å². The van der Waals surface area contributed by atoms with Crippen LogP contribution in [0.25, 0.3) is 11.5 Å². The van der Waals surface area contributed by atoms with Crippen LogP contribution in [0.3, 0.4) is 0 Å². The van der Waals surface area contributed by atoms with Crippen LogP contribution in [-0.2, 0) is 18.4 Å². The summed E-state index contributed by atoms with van der Waals surface area (Å²) in [5, 5.41) is 19.2. The second-order valence-electron chi connectivity index (χ2n) is 7.90. The first-order chi connectivity index (χ1) is 14.9. The van der Waals surface area contributed by atoms with Crippen LogP contribution in [0.4, 0.5) is 0 Å². The zero-order valence-corrected chi connectivity index (χ0v) is 18.2. The Hall–Kier alpha value is -3.46. The molecule has 31 heavy (non-hydrogen) atoms. The first-order valence-corrected chi connectivity index (χ1v) is 10.3. The molecule has 0 aliphatic carbocycles. The maximum absolute atomic E-state index is 10.3. The van der Waals surface area contributed by atoms with Crippen molar-refractivity contribution in [1.29, 1.82) is 0 Å². The molecule has 0 aliphatic heterocycles. The largest absolute Gasteiger partial charge is 0.382 e. The quantitative estimate of drug-likeness (QED) is 0.462. The standard InChI is InChI=1S/C22H26N8O/c1-5-7-17-18(25-14-29-20(17)27-21(28-29)22(2,3)31)12-16-9-11-26-30(16)19-15(13-23-4)8-6-10-24-19/h6,8-11,13-14,31H,5,7,12H2,1-4H3. The second-order valence-corrected chi connectivity index (χ2v) is 7.90. The SMILES string of the molecule is CCCc1c(Cc2ccnn2-c2ncccc2C=NC)ncn2nc(C(C)(C)O)nc12. The smallest absolute Gasteiger partial charge is 0.182 e. The zero-order valence-electron chi connectivity index (χ0n) is 18.2. The Balaban J connectivity index is 1.79. The van der Waals surface area contributed by atoms with Gasteiger partial charge in [-0.25, -0.2) is 24.1 Å². The molecule has 0 aromatic carbocycles.